The Bertz CT molecular complexity index is 857. The summed E-state index contributed by atoms with van der Waals surface area (Å²) in [6.45, 7) is -0.347. The van der Waals surface area contributed by atoms with Crippen LogP contribution in [-0.2, 0) is 17.9 Å². The van der Waals surface area contributed by atoms with Crippen molar-refractivity contribution in [2.45, 2.75) is 13.1 Å². The first kappa shape index (κ1) is 19.8. The standard InChI is InChI=1S/C19H13Cl2F2NO2S/c20-14-4-1-6-16(22)12(14)10-24(26-19(25)18-8-3-9-27-18)11-13-15(21)5-2-7-17(13)23/h1-9H,10-11H2. The zero-order chi connectivity index (χ0) is 19.4. The Labute approximate surface area is 168 Å². The van der Waals surface area contributed by atoms with Crippen molar-refractivity contribution in [3.8, 4) is 0 Å². The number of thiophene rings is 1. The molecule has 2 aromatic carbocycles. The molecule has 0 amide bonds. The minimum atomic E-state index is -0.634. The molecule has 27 heavy (non-hydrogen) atoms. The van der Waals surface area contributed by atoms with E-state index in [0.717, 1.165) is 5.06 Å². The van der Waals surface area contributed by atoms with Gasteiger partial charge in [0.15, 0.2) is 0 Å². The van der Waals surface area contributed by atoms with Gasteiger partial charge in [0.1, 0.15) is 16.5 Å². The molecule has 0 atom stereocenters. The van der Waals surface area contributed by atoms with Gasteiger partial charge in [-0.2, -0.15) is 0 Å². The molecule has 0 aliphatic carbocycles. The molecule has 0 N–H and O–H groups in total. The molecule has 0 unspecified atom stereocenters. The average Bonchev–Trinajstić information content (AvgIpc) is 3.16. The smallest absolute Gasteiger partial charge is 0.363 e. The maximum absolute atomic E-state index is 14.2. The molecule has 0 aliphatic heterocycles. The summed E-state index contributed by atoms with van der Waals surface area (Å²) >= 11 is 13.3. The van der Waals surface area contributed by atoms with Crippen LogP contribution in [0, 0.1) is 11.6 Å². The highest BCUT2D eigenvalue weighted by molar-refractivity contribution is 7.11. The minimum absolute atomic E-state index is 0.130. The van der Waals surface area contributed by atoms with Crippen LogP contribution in [-0.4, -0.2) is 11.0 Å². The molecule has 140 valence electrons. The molecule has 0 fully saturated rings. The van der Waals surface area contributed by atoms with Crippen LogP contribution in [0.5, 0.6) is 0 Å². The summed E-state index contributed by atoms with van der Waals surface area (Å²) in [5.41, 5.74) is 0.260. The van der Waals surface area contributed by atoms with E-state index >= 15 is 0 Å². The Kier molecular flexibility index (Phi) is 6.44. The second-order valence-corrected chi connectivity index (χ2v) is 7.32. The van der Waals surface area contributed by atoms with Gasteiger partial charge in [-0.1, -0.05) is 41.4 Å². The van der Waals surface area contributed by atoms with E-state index < -0.39 is 17.6 Å². The monoisotopic (exact) mass is 427 g/mol. The van der Waals surface area contributed by atoms with E-state index in [0.29, 0.717) is 4.88 Å². The van der Waals surface area contributed by atoms with Crippen LogP contribution in [0.1, 0.15) is 20.8 Å². The summed E-state index contributed by atoms with van der Waals surface area (Å²) in [6.07, 6.45) is 0. The third kappa shape index (κ3) is 4.84. The molecule has 0 saturated heterocycles. The number of carbonyl (C=O) groups excluding carboxylic acids is 1. The summed E-state index contributed by atoms with van der Waals surface area (Å²) in [5, 5.41) is 3.21. The quantitative estimate of drug-likeness (QED) is 0.444. The molecule has 0 bridgehead atoms. The van der Waals surface area contributed by atoms with Crippen LogP contribution in [0.2, 0.25) is 10.0 Å². The van der Waals surface area contributed by atoms with Gasteiger partial charge in [0.25, 0.3) is 0 Å². The summed E-state index contributed by atoms with van der Waals surface area (Å²) in [4.78, 5) is 18.1. The Morgan fingerprint density at radius 2 is 1.48 bits per heavy atom. The normalized spacial score (nSPS) is 11.0. The maximum atomic E-state index is 14.2. The summed E-state index contributed by atoms with van der Waals surface area (Å²) in [7, 11) is 0. The predicted octanol–water partition coefficient (Wildman–Crippen LogP) is 6.11. The molecule has 1 heterocycles. The van der Waals surface area contributed by atoms with Gasteiger partial charge in [0.2, 0.25) is 0 Å². The number of hydrogen-bond acceptors (Lipinski definition) is 4. The molecule has 0 spiro atoms. The van der Waals surface area contributed by atoms with E-state index in [1.807, 2.05) is 0 Å². The number of nitrogens with zero attached hydrogens (tertiary/aromatic N) is 1. The molecule has 0 radical (unpaired) electrons. The van der Waals surface area contributed by atoms with Gasteiger partial charge in [-0.25, -0.2) is 13.6 Å². The Balaban J connectivity index is 1.89. The highest BCUT2D eigenvalue weighted by Crippen LogP contribution is 2.26. The molecule has 0 aliphatic rings. The third-order valence-electron chi connectivity index (χ3n) is 3.73. The predicted molar refractivity (Wildman–Crippen MR) is 102 cm³/mol. The van der Waals surface area contributed by atoms with Gasteiger partial charge >= 0.3 is 5.97 Å². The zero-order valence-electron chi connectivity index (χ0n) is 13.8. The Morgan fingerprint density at radius 1 is 0.926 bits per heavy atom. The molecular weight excluding hydrogens is 415 g/mol. The van der Waals surface area contributed by atoms with Gasteiger partial charge in [-0.3, -0.25) is 0 Å². The van der Waals surface area contributed by atoms with Crippen molar-refractivity contribution in [3.05, 3.63) is 91.6 Å². The molecular formula is C19H13Cl2F2NO2S. The topological polar surface area (TPSA) is 29.5 Å². The lowest BCUT2D eigenvalue weighted by Gasteiger charge is -2.22. The first-order valence-electron chi connectivity index (χ1n) is 7.82. The number of benzene rings is 2. The van der Waals surface area contributed by atoms with E-state index in [4.69, 9.17) is 28.0 Å². The fourth-order valence-corrected chi connectivity index (χ4v) is 3.44. The van der Waals surface area contributed by atoms with Gasteiger partial charge < -0.3 is 4.84 Å². The molecule has 3 rings (SSSR count). The van der Waals surface area contributed by atoms with Crippen LogP contribution >= 0.6 is 34.5 Å². The zero-order valence-corrected chi connectivity index (χ0v) is 16.1. The first-order chi connectivity index (χ1) is 13.0. The van der Waals surface area contributed by atoms with Crippen LogP contribution in [0.3, 0.4) is 0 Å². The van der Waals surface area contributed by atoms with Crippen molar-refractivity contribution in [2.24, 2.45) is 0 Å². The van der Waals surface area contributed by atoms with E-state index in [-0.39, 0.29) is 34.3 Å². The maximum Gasteiger partial charge on any atom is 0.367 e. The first-order valence-corrected chi connectivity index (χ1v) is 9.46. The van der Waals surface area contributed by atoms with Crippen molar-refractivity contribution in [2.75, 3.05) is 0 Å². The number of hydroxylamine groups is 2. The van der Waals surface area contributed by atoms with Gasteiger partial charge in [-0.05, 0) is 35.7 Å². The lowest BCUT2D eigenvalue weighted by Crippen LogP contribution is -2.27. The lowest BCUT2D eigenvalue weighted by atomic mass is 10.1. The van der Waals surface area contributed by atoms with Crippen molar-refractivity contribution < 1.29 is 18.4 Å². The molecule has 8 heteroatoms. The SMILES string of the molecule is O=C(ON(Cc1c(F)cccc1Cl)Cc1c(F)cccc1Cl)c1cccs1. The molecule has 3 aromatic rings. The van der Waals surface area contributed by atoms with Gasteiger partial charge in [0, 0.05) is 21.2 Å². The van der Waals surface area contributed by atoms with Crippen LogP contribution in [0.15, 0.2) is 53.9 Å². The highest BCUT2D eigenvalue weighted by atomic mass is 35.5. The summed E-state index contributed by atoms with van der Waals surface area (Å²) in [5.74, 6) is -1.75. The minimum Gasteiger partial charge on any atom is -0.363 e. The third-order valence-corrected chi connectivity index (χ3v) is 5.28. The second-order valence-electron chi connectivity index (χ2n) is 5.55. The van der Waals surface area contributed by atoms with Crippen LogP contribution in [0.25, 0.3) is 0 Å². The summed E-state index contributed by atoms with van der Waals surface area (Å²) < 4.78 is 28.3. The number of rotatable bonds is 6. The van der Waals surface area contributed by atoms with Crippen LogP contribution < -0.4 is 0 Å². The van der Waals surface area contributed by atoms with E-state index in [2.05, 4.69) is 0 Å². The molecule has 3 nitrogen and oxygen atoms in total. The average molecular weight is 428 g/mol. The Morgan fingerprint density at radius 3 is 1.93 bits per heavy atom. The fourth-order valence-electron chi connectivity index (χ4n) is 2.40. The van der Waals surface area contributed by atoms with Gasteiger partial charge in [-0.15, -0.1) is 16.4 Å². The highest BCUT2D eigenvalue weighted by Gasteiger charge is 2.21. The van der Waals surface area contributed by atoms with Crippen molar-refractivity contribution in [3.63, 3.8) is 0 Å². The van der Waals surface area contributed by atoms with Crippen molar-refractivity contribution >= 4 is 40.5 Å². The Hall–Kier alpha value is -1.99. The number of hydrogen-bond donors (Lipinski definition) is 0. The van der Waals surface area contributed by atoms with Crippen molar-refractivity contribution in [1.29, 1.82) is 0 Å². The van der Waals surface area contributed by atoms with Gasteiger partial charge in [0.05, 0.1) is 13.1 Å². The molecule has 1 aromatic heterocycles. The second kappa shape index (κ2) is 8.80. The van der Waals surface area contributed by atoms with E-state index in [1.165, 1.54) is 47.7 Å². The van der Waals surface area contributed by atoms with E-state index in [1.54, 1.807) is 17.5 Å². The lowest BCUT2D eigenvalue weighted by molar-refractivity contribution is -0.124. The van der Waals surface area contributed by atoms with Crippen molar-refractivity contribution in [1.82, 2.24) is 5.06 Å². The molecule has 0 saturated carbocycles. The summed E-state index contributed by atoms with van der Waals surface area (Å²) in [6, 6.07) is 11.8. The van der Waals surface area contributed by atoms with E-state index in [9.17, 15) is 13.6 Å². The van der Waals surface area contributed by atoms with Crippen LogP contribution in [0.4, 0.5) is 8.78 Å². The number of carbonyl (C=O) groups is 1. The fraction of sp³-hybridized carbons (Fsp3) is 0.105. The largest absolute Gasteiger partial charge is 0.367 e. The number of halogens is 4.